The Morgan fingerprint density at radius 1 is 1.16 bits per heavy atom. The number of aromatic nitrogens is 1. The first kappa shape index (κ1) is 11.9. The van der Waals surface area contributed by atoms with Gasteiger partial charge in [-0.25, -0.2) is 0 Å². The van der Waals surface area contributed by atoms with Gasteiger partial charge in [-0.1, -0.05) is 18.2 Å². The number of para-hydroxylation sites is 1. The van der Waals surface area contributed by atoms with E-state index in [1.807, 2.05) is 49.4 Å². The maximum Gasteiger partial charge on any atom is 0.166 e. The molecule has 0 saturated heterocycles. The van der Waals surface area contributed by atoms with Gasteiger partial charge in [-0.3, -0.25) is 9.78 Å². The zero-order valence-corrected chi connectivity index (χ0v) is 11.0. The van der Waals surface area contributed by atoms with Crippen molar-refractivity contribution in [3.8, 4) is 0 Å². The van der Waals surface area contributed by atoms with Crippen molar-refractivity contribution < 1.29 is 4.79 Å². The third-order valence-corrected chi connectivity index (χ3v) is 3.45. The van der Waals surface area contributed by atoms with Gasteiger partial charge in [-0.2, -0.15) is 0 Å². The second-order valence-electron chi connectivity index (χ2n) is 4.88. The van der Waals surface area contributed by atoms with Crippen molar-refractivity contribution in [2.75, 3.05) is 11.4 Å². The van der Waals surface area contributed by atoms with Gasteiger partial charge in [0.2, 0.25) is 0 Å². The molecule has 2 heterocycles. The molecule has 0 fully saturated rings. The van der Waals surface area contributed by atoms with Crippen LogP contribution in [0.5, 0.6) is 0 Å². The molecule has 0 bridgehead atoms. The molecule has 2 aromatic rings. The number of rotatable bonds is 2. The fraction of sp³-hybridized carbons (Fsp3) is 0.250. The van der Waals surface area contributed by atoms with E-state index in [0.717, 1.165) is 35.7 Å². The second-order valence-corrected chi connectivity index (χ2v) is 4.88. The summed E-state index contributed by atoms with van der Waals surface area (Å²) in [7, 11) is 0. The van der Waals surface area contributed by atoms with Gasteiger partial charge in [0.05, 0.1) is 12.2 Å². The van der Waals surface area contributed by atoms with E-state index in [9.17, 15) is 4.79 Å². The second kappa shape index (κ2) is 4.84. The summed E-state index contributed by atoms with van der Waals surface area (Å²) in [4.78, 5) is 18.7. The van der Waals surface area contributed by atoms with Crippen molar-refractivity contribution in [2.24, 2.45) is 0 Å². The number of ketones is 1. The molecule has 0 amide bonds. The van der Waals surface area contributed by atoms with Gasteiger partial charge < -0.3 is 4.90 Å². The SMILES string of the molecule is Cc1cccc(CN2CCC(=O)c3ccccc32)n1. The molecular weight excluding hydrogens is 236 g/mol. The van der Waals surface area contributed by atoms with Crippen LogP contribution in [0.15, 0.2) is 42.5 Å². The molecule has 19 heavy (non-hydrogen) atoms. The lowest BCUT2D eigenvalue weighted by Crippen LogP contribution is -2.31. The number of aryl methyl sites for hydroxylation is 1. The molecule has 3 heteroatoms. The van der Waals surface area contributed by atoms with E-state index in [1.54, 1.807) is 0 Å². The van der Waals surface area contributed by atoms with E-state index in [0.29, 0.717) is 6.42 Å². The fourth-order valence-corrected chi connectivity index (χ4v) is 2.52. The van der Waals surface area contributed by atoms with Crippen LogP contribution in [-0.4, -0.2) is 17.3 Å². The topological polar surface area (TPSA) is 33.2 Å². The van der Waals surface area contributed by atoms with E-state index in [-0.39, 0.29) is 5.78 Å². The Morgan fingerprint density at radius 2 is 2.00 bits per heavy atom. The Kier molecular flexibility index (Phi) is 3.03. The Labute approximate surface area is 112 Å². The van der Waals surface area contributed by atoms with Crippen LogP contribution in [0.2, 0.25) is 0 Å². The molecular formula is C16H16N2O. The predicted molar refractivity (Wildman–Crippen MR) is 75.4 cm³/mol. The standard InChI is InChI=1S/C16H16N2O/c1-12-5-4-6-13(17-12)11-18-10-9-16(19)14-7-2-3-8-15(14)18/h2-8H,9-11H2,1H3. The number of hydrogen-bond donors (Lipinski definition) is 0. The van der Waals surface area contributed by atoms with E-state index in [1.165, 1.54) is 0 Å². The minimum absolute atomic E-state index is 0.240. The summed E-state index contributed by atoms with van der Waals surface area (Å²) in [5.74, 6) is 0.240. The fourth-order valence-electron chi connectivity index (χ4n) is 2.52. The van der Waals surface area contributed by atoms with Gasteiger partial charge in [0.25, 0.3) is 0 Å². The molecule has 3 nitrogen and oxygen atoms in total. The summed E-state index contributed by atoms with van der Waals surface area (Å²) in [5.41, 5.74) is 3.94. The number of fused-ring (bicyclic) bond motifs is 1. The molecule has 0 spiro atoms. The molecule has 0 atom stereocenters. The number of nitrogens with zero attached hydrogens (tertiary/aromatic N) is 2. The lowest BCUT2D eigenvalue weighted by Gasteiger charge is -2.30. The summed E-state index contributed by atoms with van der Waals surface area (Å²) in [6.45, 7) is 3.52. The molecule has 1 aliphatic rings. The van der Waals surface area contributed by atoms with Crippen LogP contribution >= 0.6 is 0 Å². The quantitative estimate of drug-likeness (QED) is 0.823. The van der Waals surface area contributed by atoms with Crippen molar-refractivity contribution >= 4 is 11.5 Å². The van der Waals surface area contributed by atoms with Crippen molar-refractivity contribution in [3.05, 3.63) is 59.4 Å². The molecule has 0 N–H and O–H groups in total. The molecule has 1 aliphatic heterocycles. The van der Waals surface area contributed by atoms with E-state index in [2.05, 4.69) is 9.88 Å². The average Bonchev–Trinajstić information content (AvgIpc) is 2.42. The number of carbonyl (C=O) groups is 1. The van der Waals surface area contributed by atoms with Crippen LogP contribution in [0, 0.1) is 6.92 Å². The molecule has 0 saturated carbocycles. The minimum Gasteiger partial charge on any atom is -0.365 e. The Hall–Kier alpha value is -2.16. The Balaban J connectivity index is 1.91. The van der Waals surface area contributed by atoms with Crippen LogP contribution < -0.4 is 4.90 Å². The van der Waals surface area contributed by atoms with Crippen molar-refractivity contribution in [2.45, 2.75) is 19.9 Å². The highest BCUT2D eigenvalue weighted by atomic mass is 16.1. The molecule has 0 radical (unpaired) electrons. The smallest absolute Gasteiger partial charge is 0.166 e. The van der Waals surface area contributed by atoms with Gasteiger partial charge in [0, 0.05) is 29.9 Å². The van der Waals surface area contributed by atoms with Crippen LogP contribution in [-0.2, 0) is 6.54 Å². The highest BCUT2D eigenvalue weighted by Gasteiger charge is 2.22. The van der Waals surface area contributed by atoms with Gasteiger partial charge in [0.15, 0.2) is 5.78 Å². The highest BCUT2D eigenvalue weighted by molar-refractivity contribution is 6.03. The van der Waals surface area contributed by atoms with E-state index >= 15 is 0 Å². The zero-order chi connectivity index (χ0) is 13.2. The lowest BCUT2D eigenvalue weighted by molar-refractivity contribution is 0.0979. The summed E-state index contributed by atoms with van der Waals surface area (Å²) in [6, 6.07) is 13.9. The lowest BCUT2D eigenvalue weighted by atomic mass is 10.0. The first-order chi connectivity index (χ1) is 9.24. The third kappa shape index (κ3) is 2.36. The van der Waals surface area contributed by atoms with E-state index in [4.69, 9.17) is 0 Å². The molecule has 3 rings (SSSR count). The maximum absolute atomic E-state index is 11.9. The van der Waals surface area contributed by atoms with Gasteiger partial charge in [-0.15, -0.1) is 0 Å². The highest BCUT2D eigenvalue weighted by Crippen LogP contribution is 2.27. The molecule has 0 unspecified atom stereocenters. The molecule has 0 aliphatic carbocycles. The number of pyridine rings is 1. The summed E-state index contributed by atoms with van der Waals surface area (Å²) in [6.07, 6.45) is 0.586. The van der Waals surface area contributed by atoms with Crippen LogP contribution in [0.3, 0.4) is 0 Å². The first-order valence-electron chi connectivity index (χ1n) is 6.54. The maximum atomic E-state index is 11.9. The predicted octanol–water partition coefficient (Wildman–Crippen LogP) is 2.98. The Bertz CT molecular complexity index is 622. The van der Waals surface area contributed by atoms with Gasteiger partial charge in [0.1, 0.15) is 0 Å². The van der Waals surface area contributed by atoms with Gasteiger partial charge in [-0.05, 0) is 31.2 Å². The van der Waals surface area contributed by atoms with Gasteiger partial charge >= 0.3 is 0 Å². The number of hydrogen-bond acceptors (Lipinski definition) is 3. The molecule has 96 valence electrons. The largest absolute Gasteiger partial charge is 0.365 e. The number of benzene rings is 1. The third-order valence-electron chi connectivity index (χ3n) is 3.45. The van der Waals surface area contributed by atoms with Crippen LogP contribution in [0.1, 0.15) is 28.2 Å². The normalized spacial score (nSPS) is 14.4. The molecule has 1 aromatic heterocycles. The average molecular weight is 252 g/mol. The molecule has 1 aromatic carbocycles. The van der Waals surface area contributed by atoms with Crippen molar-refractivity contribution in [3.63, 3.8) is 0 Å². The van der Waals surface area contributed by atoms with Crippen molar-refractivity contribution in [1.82, 2.24) is 4.98 Å². The van der Waals surface area contributed by atoms with Crippen LogP contribution in [0.4, 0.5) is 5.69 Å². The summed E-state index contributed by atoms with van der Waals surface area (Å²) < 4.78 is 0. The number of carbonyl (C=O) groups excluding carboxylic acids is 1. The van der Waals surface area contributed by atoms with E-state index < -0.39 is 0 Å². The summed E-state index contributed by atoms with van der Waals surface area (Å²) in [5, 5.41) is 0. The number of anilines is 1. The zero-order valence-electron chi connectivity index (χ0n) is 11.0. The number of Topliss-reactive ketones (excluding diaryl/α,β-unsaturated/α-hetero) is 1. The first-order valence-corrected chi connectivity index (χ1v) is 6.54. The van der Waals surface area contributed by atoms with Crippen LogP contribution in [0.25, 0.3) is 0 Å². The monoisotopic (exact) mass is 252 g/mol. The van der Waals surface area contributed by atoms with Crippen molar-refractivity contribution in [1.29, 1.82) is 0 Å². The Morgan fingerprint density at radius 3 is 2.84 bits per heavy atom. The minimum atomic E-state index is 0.240. The summed E-state index contributed by atoms with van der Waals surface area (Å²) >= 11 is 0.